The fourth-order valence-electron chi connectivity index (χ4n) is 3.04. The summed E-state index contributed by atoms with van der Waals surface area (Å²) in [5.74, 6) is 0.568. The van der Waals surface area contributed by atoms with Crippen molar-refractivity contribution in [2.75, 3.05) is 7.11 Å². The van der Waals surface area contributed by atoms with Crippen LogP contribution in [0.4, 0.5) is 13.2 Å². The lowest BCUT2D eigenvalue weighted by Gasteiger charge is -2.15. The summed E-state index contributed by atoms with van der Waals surface area (Å²) in [6.45, 7) is 1.67. The fraction of sp³-hybridized carbons (Fsp3) is 0.263. The number of hydrogen-bond acceptors (Lipinski definition) is 3. The Labute approximate surface area is 143 Å². The zero-order valence-electron chi connectivity index (χ0n) is 13.9. The number of alkyl halides is 3. The van der Waals surface area contributed by atoms with Gasteiger partial charge in [-0.2, -0.15) is 13.2 Å². The number of hydrogen-bond donors (Lipinski definition) is 1. The van der Waals surface area contributed by atoms with Crippen molar-refractivity contribution >= 4 is 11.0 Å². The number of fused-ring (bicyclic) bond motifs is 1. The van der Waals surface area contributed by atoms with Gasteiger partial charge < -0.3 is 14.9 Å². The molecule has 0 radical (unpaired) electrons. The van der Waals surface area contributed by atoms with Gasteiger partial charge in [0.25, 0.3) is 0 Å². The van der Waals surface area contributed by atoms with E-state index >= 15 is 0 Å². The van der Waals surface area contributed by atoms with Crippen LogP contribution in [-0.4, -0.2) is 13.2 Å². The van der Waals surface area contributed by atoms with Crippen molar-refractivity contribution in [3.63, 3.8) is 0 Å². The van der Waals surface area contributed by atoms with E-state index in [0.29, 0.717) is 22.3 Å². The zero-order valence-corrected chi connectivity index (χ0v) is 13.9. The Kier molecular flexibility index (Phi) is 4.47. The summed E-state index contributed by atoms with van der Waals surface area (Å²) >= 11 is 0. The van der Waals surface area contributed by atoms with Gasteiger partial charge in [0, 0.05) is 22.6 Å². The molecule has 1 heterocycles. The summed E-state index contributed by atoms with van der Waals surface area (Å²) in [6, 6.07) is 9.87. The van der Waals surface area contributed by atoms with Crippen molar-refractivity contribution in [2.45, 2.75) is 25.6 Å². The number of ether oxygens (including phenoxy) is 1. The van der Waals surface area contributed by atoms with Gasteiger partial charge in [0.05, 0.1) is 13.4 Å². The van der Waals surface area contributed by atoms with Gasteiger partial charge in [-0.1, -0.05) is 30.3 Å². The number of methoxy groups -OCH3 is 1. The monoisotopic (exact) mass is 349 g/mol. The number of halogens is 3. The highest BCUT2D eigenvalue weighted by Crippen LogP contribution is 2.43. The lowest BCUT2D eigenvalue weighted by Crippen LogP contribution is -2.20. The molecule has 3 aromatic rings. The van der Waals surface area contributed by atoms with Gasteiger partial charge in [0.1, 0.15) is 16.9 Å². The first-order chi connectivity index (χ1) is 11.8. The molecular formula is C19H18F3NO2. The molecule has 6 heteroatoms. The molecule has 0 bridgehead atoms. The first kappa shape index (κ1) is 17.4. The van der Waals surface area contributed by atoms with Crippen LogP contribution in [0.3, 0.4) is 0 Å². The maximum Gasteiger partial charge on any atom is 0.420 e. The molecular weight excluding hydrogens is 331 g/mol. The van der Waals surface area contributed by atoms with Crippen LogP contribution in [0.2, 0.25) is 0 Å². The van der Waals surface area contributed by atoms with Crippen LogP contribution in [0.1, 0.15) is 18.1 Å². The molecule has 132 valence electrons. The molecule has 0 aliphatic heterocycles. The van der Waals surface area contributed by atoms with Crippen molar-refractivity contribution in [1.82, 2.24) is 0 Å². The minimum absolute atomic E-state index is 0.121. The highest BCUT2D eigenvalue weighted by atomic mass is 19.4. The molecule has 0 unspecified atom stereocenters. The van der Waals surface area contributed by atoms with E-state index in [9.17, 15) is 13.2 Å². The zero-order chi connectivity index (χ0) is 18.2. The van der Waals surface area contributed by atoms with E-state index in [1.54, 1.807) is 37.3 Å². The minimum atomic E-state index is -4.53. The molecule has 0 aliphatic carbocycles. The number of para-hydroxylation sites is 1. The quantitative estimate of drug-likeness (QED) is 0.720. The molecule has 0 fully saturated rings. The van der Waals surface area contributed by atoms with Gasteiger partial charge in [0.2, 0.25) is 0 Å². The lowest BCUT2D eigenvalue weighted by atomic mass is 9.96. The summed E-state index contributed by atoms with van der Waals surface area (Å²) in [7, 11) is 1.52. The average Bonchev–Trinajstić information content (AvgIpc) is 2.96. The van der Waals surface area contributed by atoms with E-state index in [-0.39, 0.29) is 23.6 Å². The maximum absolute atomic E-state index is 13.7. The maximum atomic E-state index is 13.7. The molecule has 1 atom stereocenters. The molecule has 0 spiro atoms. The second-order valence-corrected chi connectivity index (χ2v) is 6.01. The van der Waals surface area contributed by atoms with Crippen LogP contribution < -0.4 is 10.5 Å². The van der Waals surface area contributed by atoms with Gasteiger partial charge in [-0.3, -0.25) is 0 Å². The molecule has 0 saturated carbocycles. The molecule has 2 N–H and O–H groups in total. The van der Waals surface area contributed by atoms with E-state index in [0.717, 1.165) is 0 Å². The predicted octanol–water partition coefficient (Wildman–Crippen LogP) is 5.02. The number of nitrogens with two attached hydrogens (primary N) is 1. The molecule has 3 nitrogen and oxygen atoms in total. The summed E-state index contributed by atoms with van der Waals surface area (Å²) in [5.41, 5.74) is 6.14. The summed E-state index contributed by atoms with van der Waals surface area (Å²) in [6.07, 6.45) is -3.07. The molecule has 0 saturated heterocycles. The Morgan fingerprint density at radius 1 is 1.12 bits per heavy atom. The van der Waals surface area contributed by atoms with Crippen molar-refractivity contribution in [3.05, 3.63) is 53.8 Å². The minimum Gasteiger partial charge on any atom is -0.496 e. The molecule has 2 aromatic carbocycles. The first-order valence-corrected chi connectivity index (χ1v) is 7.82. The SMILES string of the molecule is COc1ccccc1-c1coc2c(C(F)(F)F)c(C[C@@H](C)N)ccc12. The van der Waals surface area contributed by atoms with E-state index in [2.05, 4.69) is 0 Å². The highest BCUT2D eigenvalue weighted by molar-refractivity contribution is 5.97. The Balaban J connectivity index is 2.26. The number of rotatable bonds is 4. The van der Waals surface area contributed by atoms with Crippen LogP contribution in [-0.2, 0) is 12.6 Å². The van der Waals surface area contributed by atoms with Crippen LogP contribution in [0, 0.1) is 0 Å². The standard InChI is InChI=1S/C19H18F3NO2/c1-11(23)9-12-7-8-14-15(13-5-3-4-6-16(13)24-2)10-25-18(14)17(12)19(20,21)22/h3-8,10-11H,9,23H2,1-2H3/t11-/m1/s1. The molecule has 0 amide bonds. The van der Waals surface area contributed by atoms with Crippen LogP contribution in [0.25, 0.3) is 22.1 Å². The van der Waals surface area contributed by atoms with Gasteiger partial charge in [0.15, 0.2) is 0 Å². The summed E-state index contributed by atoms with van der Waals surface area (Å²) < 4.78 is 51.7. The Morgan fingerprint density at radius 2 is 1.84 bits per heavy atom. The summed E-state index contributed by atoms with van der Waals surface area (Å²) in [4.78, 5) is 0. The lowest BCUT2D eigenvalue weighted by molar-refractivity contribution is -0.137. The highest BCUT2D eigenvalue weighted by Gasteiger charge is 2.37. The molecule has 0 aliphatic rings. The Bertz CT molecular complexity index is 897. The van der Waals surface area contributed by atoms with Crippen LogP contribution >= 0.6 is 0 Å². The summed E-state index contributed by atoms with van der Waals surface area (Å²) in [5, 5.41) is 0.394. The Hall–Kier alpha value is -2.47. The number of benzene rings is 2. The van der Waals surface area contributed by atoms with Crippen molar-refractivity contribution in [2.24, 2.45) is 5.73 Å². The normalized spacial score (nSPS) is 13.2. The van der Waals surface area contributed by atoms with Gasteiger partial charge in [-0.05, 0) is 25.0 Å². The number of furan rings is 1. The third-order valence-electron chi connectivity index (χ3n) is 4.05. The van der Waals surface area contributed by atoms with Crippen LogP contribution in [0.5, 0.6) is 5.75 Å². The van der Waals surface area contributed by atoms with Gasteiger partial charge in [-0.15, -0.1) is 0 Å². The molecule has 1 aromatic heterocycles. The van der Waals surface area contributed by atoms with Gasteiger partial charge in [-0.25, -0.2) is 0 Å². The van der Waals surface area contributed by atoms with Crippen molar-refractivity contribution in [1.29, 1.82) is 0 Å². The molecule has 3 rings (SSSR count). The Morgan fingerprint density at radius 3 is 2.48 bits per heavy atom. The van der Waals surface area contributed by atoms with E-state index in [1.807, 2.05) is 0 Å². The third kappa shape index (κ3) is 3.22. The smallest absolute Gasteiger partial charge is 0.420 e. The van der Waals surface area contributed by atoms with E-state index < -0.39 is 11.7 Å². The van der Waals surface area contributed by atoms with E-state index in [4.69, 9.17) is 14.9 Å². The van der Waals surface area contributed by atoms with Gasteiger partial charge >= 0.3 is 6.18 Å². The largest absolute Gasteiger partial charge is 0.496 e. The average molecular weight is 349 g/mol. The van der Waals surface area contributed by atoms with Crippen LogP contribution in [0.15, 0.2) is 47.1 Å². The second-order valence-electron chi connectivity index (χ2n) is 6.01. The second kappa shape index (κ2) is 6.44. The van der Waals surface area contributed by atoms with E-state index in [1.165, 1.54) is 19.4 Å². The van der Waals surface area contributed by atoms with Crippen molar-refractivity contribution < 1.29 is 22.3 Å². The fourth-order valence-corrected chi connectivity index (χ4v) is 3.04. The topological polar surface area (TPSA) is 48.4 Å². The molecule has 25 heavy (non-hydrogen) atoms. The van der Waals surface area contributed by atoms with Crippen molar-refractivity contribution in [3.8, 4) is 16.9 Å². The third-order valence-corrected chi connectivity index (χ3v) is 4.05. The first-order valence-electron chi connectivity index (χ1n) is 7.82. The predicted molar refractivity (Wildman–Crippen MR) is 90.6 cm³/mol.